The summed E-state index contributed by atoms with van der Waals surface area (Å²) in [4.78, 5) is 16.3. The molecule has 1 amide bonds. The van der Waals surface area contributed by atoms with E-state index in [2.05, 4.69) is 15.6 Å². The SMILES string of the molecule is O=C(Nc1ccncc1)C1CCC(CNC2CCCC2)CC1. The van der Waals surface area contributed by atoms with Crippen molar-refractivity contribution in [2.24, 2.45) is 11.8 Å². The van der Waals surface area contributed by atoms with Crippen molar-refractivity contribution in [2.45, 2.75) is 57.4 Å². The van der Waals surface area contributed by atoms with Gasteiger partial charge in [-0.15, -0.1) is 0 Å². The van der Waals surface area contributed by atoms with E-state index in [1.54, 1.807) is 12.4 Å². The number of hydrogen-bond acceptors (Lipinski definition) is 3. The smallest absolute Gasteiger partial charge is 0.227 e. The molecule has 1 aromatic rings. The lowest BCUT2D eigenvalue weighted by Crippen LogP contribution is -2.34. The first kappa shape index (κ1) is 15.5. The number of nitrogens with one attached hydrogen (secondary N) is 2. The average Bonchev–Trinajstić information content (AvgIpc) is 3.08. The second-order valence-corrected chi connectivity index (χ2v) is 6.83. The number of rotatable bonds is 5. The van der Waals surface area contributed by atoms with Gasteiger partial charge in [-0.3, -0.25) is 9.78 Å². The number of hydrogen-bond donors (Lipinski definition) is 2. The Morgan fingerprint density at radius 1 is 1.05 bits per heavy atom. The van der Waals surface area contributed by atoms with E-state index < -0.39 is 0 Å². The third kappa shape index (κ3) is 4.29. The van der Waals surface area contributed by atoms with Gasteiger partial charge < -0.3 is 10.6 Å². The first-order valence-corrected chi connectivity index (χ1v) is 8.75. The molecule has 0 spiro atoms. The van der Waals surface area contributed by atoms with Gasteiger partial charge in [-0.05, 0) is 63.1 Å². The predicted octanol–water partition coefficient (Wildman–Crippen LogP) is 3.36. The van der Waals surface area contributed by atoms with Gasteiger partial charge in [0.1, 0.15) is 0 Å². The summed E-state index contributed by atoms with van der Waals surface area (Å²) in [6.45, 7) is 1.14. The zero-order valence-corrected chi connectivity index (χ0v) is 13.3. The molecule has 0 saturated heterocycles. The van der Waals surface area contributed by atoms with E-state index in [1.807, 2.05) is 12.1 Å². The summed E-state index contributed by atoms with van der Waals surface area (Å²) in [6, 6.07) is 4.44. The number of nitrogens with zero attached hydrogens (tertiary/aromatic N) is 1. The van der Waals surface area contributed by atoms with Crippen LogP contribution in [0.1, 0.15) is 51.4 Å². The minimum absolute atomic E-state index is 0.174. The van der Waals surface area contributed by atoms with Crippen molar-refractivity contribution in [1.82, 2.24) is 10.3 Å². The van der Waals surface area contributed by atoms with E-state index in [4.69, 9.17) is 0 Å². The van der Waals surface area contributed by atoms with Crippen LogP contribution in [0.25, 0.3) is 0 Å². The van der Waals surface area contributed by atoms with Gasteiger partial charge in [-0.25, -0.2) is 0 Å². The Kier molecular flexibility index (Phi) is 5.43. The summed E-state index contributed by atoms with van der Waals surface area (Å²) < 4.78 is 0. The third-order valence-electron chi connectivity index (χ3n) is 5.22. The lowest BCUT2D eigenvalue weighted by Gasteiger charge is -2.29. The standard InChI is InChI=1S/C18H27N3O/c22-18(21-17-9-11-19-12-10-17)15-7-5-14(6-8-15)13-20-16-3-1-2-4-16/h9-12,14-16,20H,1-8,13H2,(H,19,21,22). The molecule has 1 heterocycles. The molecule has 4 nitrogen and oxygen atoms in total. The Bertz CT molecular complexity index is 462. The molecule has 2 fully saturated rings. The van der Waals surface area contributed by atoms with Crippen molar-refractivity contribution < 1.29 is 4.79 Å². The van der Waals surface area contributed by atoms with Crippen LogP contribution in [0.15, 0.2) is 24.5 Å². The third-order valence-corrected chi connectivity index (χ3v) is 5.22. The number of carbonyl (C=O) groups excluding carboxylic acids is 1. The van der Waals surface area contributed by atoms with Gasteiger partial charge in [0.15, 0.2) is 0 Å². The molecule has 3 rings (SSSR count). The van der Waals surface area contributed by atoms with E-state index in [0.29, 0.717) is 0 Å². The summed E-state index contributed by atoms with van der Waals surface area (Å²) in [5.41, 5.74) is 0.852. The van der Waals surface area contributed by atoms with Crippen LogP contribution in [0.5, 0.6) is 0 Å². The Balaban J connectivity index is 1.38. The summed E-state index contributed by atoms with van der Waals surface area (Å²) in [5, 5.41) is 6.74. The molecular formula is C18H27N3O. The van der Waals surface area contributed by atoms with Crippen molar-refractivity contribution in [2.75, 3.05) is 11.9 Å². The molecule has 22 heavy (non-hydrogen) atoms. The van der Waals surface area contributed by atoms with Crippen molar-refractivity contribution >= 4 is 11.6 Å². The zero-order valence-electron chi connectivity index (χ0n) is 13.3. The van der Waals surface area contributed by atoms with Gasteiger partial charge >= 0.3 is 0 Å². The topological polar surface area (TPSA) is 54.0 Å². The fourth-order valence-corrected chi connectivity index (χ4v) is 3.77. The molecule has 120 valence electrons. The number of anilines is 1. The lowest BCUT2D eigenvalue weighted by atomic mass is 9.81. The largest absolute Gasteiger partial charge is 0.326 e. The minimum atomic E-state index is 0.174. The predicted molar refractivity (Wildman–Crippen MR) is 88.6 cm³/mol. The van der Waals surface area contributed by atoms with Crippen LogP contribution in [0, 0.1) is 11.8 Å². The molecule has 4 heteroatoms. The molecule has 2 aliphatic carbocycles. The van der Waals surface area contributed by atoms with E-state index in [9.17, 15) is 4.79 Å². The number of amides is 1. The Labute approximate surface area is 133 Å². The number of pyridine rings is 1. The fraction of sp³-hybridized carbons (Fsp3) is 0.667. The van der Waals surface area contributed by atoms with Crippen LogP contribution in [-0.2, 0) is 4.79 Å². The quantitative estimate of drug-likeness (QED) is 0.877. The van der Waals surface area contributed by atoms with Gasteiger partial charge in [0.2, 0.25) is 5.91 Å². The Morgan fingerprint density at radius 2 is 1.73 bits per heavy atom. The average molecular weight is 301 g/mol. The minimum Gasteiger partial charge on any atom is -0.326 e. The van der Waals surface area contributed by atoms with E-state index in [0.717, 1.165) is 37.0 Å². The fourth-order valence-electron chi connectivity index (χ4n) is 3.77. The van der Waals surface area contributed by atoms with E-state index in [1.165, 1.54) is 38.5 Å². The molecule has 0 unspecified atom stereocenters. The summed E-state index contributed by atoms with van der Waals surface area (Å²) in [7, 11) is 0. The molecule has 2 saturated carbocycles. The highest BCUT2D eigenvalue weighted by atomic mass is 16.1. The molecule has 0 radical (unpaired) electrons. The molecule has 0 aliphatic heterocycles. The monoisotopic (exact) mass is 301 g/mol. The summed E-state index contributed by atoms with van der Waals surface area (Å²) >= 11 is 0. The second-order valence-electron chi connectivity index (χ2n) is 6.83. The van der Waals surface area contributed by atoms with Gasteiger partial charge in [0, 0.05) is 30.0 Å². The first-order valence-electron chi connectivity index (χ1n) is 8.75. The summed E-state index contributed by atoms with van der Waals surface area (Å²) in [5.74, 6) is 1.11. The highest BCUT2D eigenvalue weighted by Gasteiger charge is 2.27. The lowest BCUT2D eigenvalue weighted by molar-refractivity contribution is -0.121. The molecule has 2 N–H and O–H groups in total. The van der Waals surface area contributed by atoms with Crippen LogP contribution in [-0.4, -0.2) is 23.5 Å². The molecule has 0 aromatic carbocycles. The van der Waals surface area contributed by atoms with Gasteiger partial charge in [0.05, 0.1) is 0 Å². The maximum Gasteiger partial charge on any atom is 0.227 e. The van der Waals surface area contributed by atoms with Crippen LogP contribution in [0.2, 0.25) is 0 Å². The molecule has 1 aromatic heterocycles. The van der Waals surface area contributed by atoms with Crippen molar-refractivity contribution in [3.8, 4) is 0 Å². The first-order chi connectivity index (χ1) is 10.8. The zero-order chi connectivity index (χ0) is 15.2. The number of carbonyl (C=O) groups is 1. The van der Waals surface area contributed by atoms with Gasteiger partial charge in [-0.1, -0.05) is 12.8 Å². The van der Waals surface area contributed by atoms with E-state index in [-0.39, 0.29) is 11.8 Å². The van der Waals surface area contributed by atoms with Crippen molar-refractivity contribution in [3.63, 3.8) is 0 Å². The Hall–Kier alpha value is -1.42. The van der Waals surface area contributed by atoms with Crippen LogP contribution in [0.4, 0.5) is 5.69 Å². The molecule has 2 aliphatic rings. The van der Waals surface area contributed by atoms with E-state index >= 15 is 0 Å². The summed E-state index contributed by atoms with van der Waals surface area (Å²) in [6.07, 6.45) is 13.3. The Morgan fingerprint density at radius 3 is 2.41 bits per heavy atom. The second kappa shape index (κ2) is 7.73. The highest BCUT2D eigenvalue weighted by Crippen LogP contribution is 2.30. The van der Waals surface area contributed by atoms with Crippen molar-refractivity contribution in [3.05, 3.63) is 24.5 Å². The van der Waals surface area contributed by atoms with Crippen LogP contribution < -0.4 is 10.6 Å². The highest BCUT2D eigenvalue weighted by molar-refractivity contribution is 5.92. The normalized spacial score (nSPS) is 26.0. The maximum absolute atomic E-state index is 12.3. The van der Waals surface area contributed by atoms with Crippen molar-refractivity contribution in [1.29, 1.82) is 0 Å². The molecule has 0 bridgehead atoms. The number of aromatic nitrogens is 1. The molecule has 0 atom stereocenters. The van der Waals surface area contributed by atoms with Crippen LogP contribution >= 0.6 is 0 Å². The molecular weight excluding hydrogens is 274 g/mol. The van der Waals surface area contributed by atoms with Crippen LogP contribution in [0.3, 0.4) is 0 Å². The van der Waals surface area contributed by atoms with Gasteiger partial charge in [-0.2, -0.15) is 0 Å². The maximum atomic E-state index is 12.3. The van der Waals surface area contributed by atoms with Gasteiger partial charge in [0.25, 0.3) is 0 Å².